The van der Waals surface area contributed by atoms with E-state index in [2.05, 4.69) is 10.2 Å². The summed E-state index contributed by atoms with van der Waals surface area (Å²) < 4.78 is 59.2. The van der Waals surface area contributed by atoms with Crippen molar-refractivity contribution in [3.8, 4) is 11.5 Å². The smallest absolute Gasteiger partial charge is 0.387 e. The van der Waals surface area contributed by atoms with E-state index in [0.29, 0.717) is 32.8 Å². The number of nitrogens with zero attached hydrogens (tertiary/aromatic N) is 2. The normalized spacial score (nSPS) is 20.3. The second-order valence-electron chi connectivity index (χ2n) is 14.1. The van der Waals surface area contributed by atoms with Crippen molar-refractivity contribution in [3.63, 3.8) is 0 Å². The van der Waals surface area contributed by atoms with Gasteiger partial charge in [-0.1, -0.05) is 47.5 Å². The number of halogens is 5. The van der Waals surface area contributed by atoms with Crippen molar-refractivity contribution in [3.05, 3.63) is 114 Å². The molecule has 4 fully saturated rings. The van der Waals surface area contributed by atoms with Crippen LogP contribution in [-0.4, -0.2) is 60.9 Å². The van der Waals surface area contributed by atoms with Crippen LogP contribution in [0.1, 0.15) is 74.4 Å². The lowest BCUT2D eigenvalue weighted by Crippen LogP contribution is -2.52. The second kappa shape index (κ2) is 17.0. The van der Waals surface area contributed by atoms with E-state index in [1.54, 1.807) is 12.1 Å². The summed E-state index contributed by atoms with van der Waals surface area (Å²) in [5.41, 5.74) is 1.25. The minimum atomic E-state index is -3.11. The number of nitrogens with one attached hydrogen (secondary N) is 1. The van der Waals surface area contributed by atoms with Gasteiger partial charge >= 0.3 is 18.6 Å². The minimum absolute atomic E-state index is 0.00323. The number of piperidine rings is 3. The zero-order valence-corrected chi connectivity index (χ0v) is 31.7. The molecule has 4 aliphatic rings. The lowest BCUT2D eigenvalue weighted by atomic mass is 9.85. The number of carboxylic acids is 1. The van der Waals surface area contributed by atoms with Crippen LogP contribution in [0, 0.1) is 22.9 Å². The highest BCUT2D eigenvalue weighted by atomic mass is 35.5. The number of alkyl halides is 2. The molecule has 3 saturated heterocycles. The summed E-state index contributed by atoms with van der Waals surface area (Å²) in [6, 6.07) is 10.8. The predicted molar refractivity (Wildman–Crippen MR) is 199 cm³/mol. The van der Waals surface area contributed by atoms with Gasteiger partial charge in [-0.2, -0.15) is 13.5 Å². The number of ether oxygens (including phenoxy) is 3. The number of carboxylic acid groups (broad SMARTS) is 1. The highest BCUT2D eigenvalue weighted by Gasteiger charge is 2.38. The number of rotatable bonds is 16. The molecule has 3 atom stereocenters. The Balaban J connectivity index is 1.23. The fourth-order valence-electron chi connectivity index (χ4n) is 7.34. The Kier molecular flexibility index (Phi) is 12.1. The van der Waals surface area contributed by atoms with E-state index in [1.807, 2.05) is 0 Å². The predicted octanol–water partition coefficient (Wildman–Crippen LogP) is 7.76. The summed E-state index contributed by atoms with van der Waals surface area (Å²) in [4.78, 5) is 29.3. The van der Waals surface area contributed by atoms with Crippen LogP contribution in [0.4, 0.5) is 13.2 Å². The fraction of sp³-hybridized carbons (Fsp3) is 0.410. The van der Waals surface area contributed by atoms with Crippen molar-refractivity contribution < 1.29 is 46.8 Å². The molecule has 8 rings (SSSR count). The van der Waals surface area contributed by atoms with E-state index in [9.17, 15) is 28.7 Å². The number of hydrogen-bond acceptors (Lipinski definition) is 9. The van der Waals surface area contributed by atoms with E-state index >= 15 is 4.39 Å². The third-order valence-electron chi connectivity index (χ3n) is 10.4. The second-order valence-corrected chi connectivity index (χ2v) is 16.1. The molecule has 5 heterocycles. The molecule has 1 unspecified atom stereocenters. The monoisotopic (exact) mass is 819 g/mol. The Morgan fingerprint density at radius 3 is 2.38 bits per heavy atom. The molecule has 0 spiro atoms. The first-order valence-electron chi connectivity index (χ1n) is 18.0. The molecule has 0 amide bonds. The number of hydrogen-bond donors (Lipinski definition) is 2. The molecular formula is C39H38Cl2F3N3O7S. The number of fused-ring (bicyclic) bond motifs is 3. The minimum Gasteiger partial charge on any atom is -0.619 e. The molecule has 1 aliphatic carbocycles. The lowest BCUT2D eigenvalue weighted by molar-refractivity contribution is -0.605. The molecule has 2 N–H and O–H groups in total. The van der Waals surface area contributed by atoms with Gasteiger partial charge in [-0.25, -0.2) is 14.0 Å². The first kappa shape index (κ1) is 39.2. The first-order chi connectivity index (χ1) is 26.4. The van der Waals surface area contributed by atoms with Crippen molar-refractivity contribution in [2.75, 3.05) is 26.2 Å². The van der Waals surface area contributed by atoms with E-state index < -0.39 is 36.3 Å². The molecular weight excluding hydrogens is 782 g/mol. The van der Waals surface area contributed by atoms with Gasteiger partial charge in [0, 0.05) is 35.0 Å². The van der Waals surface area contributed by atoms with Crippen molar-refractivity contribution in [2.24, 2.45) is 11.8 Å². The lowest BCUT2D eigenvalue weighted by Gasteiger charge is -2.44. The first-order valence-corrected chi connectivity index (χ1v) is 19.6. The maximum atomic E-state index is 15.2. The summed E-state index contributed by atoms with van der Waals surface area (Å²) in [6.45, 7) is -0.349. The summed E-state index contributed by atoms with van der Waals surface area (Å²) in [5.74, 6) is -2.89. The molecule has 0 radical (unpaired) electrons. The number of carbonyl (C=O) groups is 2. The molecule has 55 heavy (non-hydrogen) atoms. The van der Waals surface area contributed by atoms with Crippen LogP contribution in [-0.2, 0) is 22.5 Å². The molecule has 10 nitrogen and oxygen atoms in total. The quantitative estimate of drug-likeness (QED) is 0.0664. The molecule has 4 aromatic rings. The van der Waals surface area contributed by atoms with Gasteiger partial charge < -0.3 is 24.5 Å². The summed E-state index contributed by atoms with van der Waals surface area (Å²) in [7, 11) is 0. The fourth-order valence-corrected chi connectivity index (χ4v) is 8.95. The number of esters is 1. The van der Waals surface area contributed by atoms with E-state index in [4.69, 9.17) is 37.4 Å². The summed E-state index contributed by atoms with van der Waals surface area (Å²) in [5, 5.41) is 25.8. The number of thiophene rings is 1. The van der Waals surface area contributed by atoms with Gasteiger partial charge in [0.05, 0.1) is 6.61 Å². The van der Waals surface area contributed by atoms with E-state index in [-0.39, 0.29) is 69.5 Å². The average molecular weight is 821 g/mol. The molecule has 16 heteroatoms. The SMILES string of the molecule is O=C(O)c1sc(CNC(C(=O)O[C@H]2CN3CCC2CC3)c2ccccc2F)cc1[C@@H](Cc1c(Cl)c[n+]([O-])cc1Cl)c1ccc(OC(F)F)c(OCC2CC2)c1. The molecule has 1 saturated carbocycles. The Bertz CT molecular complexity index is 2020. The van der Waals surface area contributed by atoms with Gasteiger partial charge in [-0.15, -0.1) is 11.3 Å². The van der Waals surface area contributed by atoms with Crippen molar-refractivity contribution in [1.29, 1.82) is 0 Å². The van der Waals surface area contributed by atoms with Gasteiger partial charge in [0.2, 0.25) is 0 Å². The number of benzene rings is 2. The van der Waals surface area contributed by atoms with E-state index in [0.717, 1.165) is 62.5 Å². The Morgan fingerprint density at radius 1 is 1.02 bits per heavy atom. The Hall–Kier alpha value is -4.08. The molecule has 2 bridgehead atoms. The topological polar surface area (TPSA) is 124 Å². The maximum Gasteiger partial charge on any atom is 0.387 e. The standard InChI is InChI=1S/C39H38Cl2F3N3O7S/c40-29-17-47(51)18-30(41)28(29)15-26(23-7-8-32(54-39(43)44)33(13-23)52-20-21-5-6-21)27-14-24(55-36(27)37(48)49)16-45-35(25-3-1-2-4-31(25)42)38(50)53-34-19-46-11-9-22(34)10-12-46/h1-4,7-8,13-14,17-18,21-22,26,34-35,39,45H,5-6,9-12,15-16,19-20H2,(H,48,49)/t26-,34-,35?/m0/s1. The number of pyridine rings is 1. The summed E-state index contributed by atoms with van der Waals surface area (Å²) >= 11 is 14.0. The third kappa shape index (κ3) is 9.32. The molecule has 2 aromatic carbocycles. The van der Waals surface area contributed by atoms with Gasteiger partial charge in [-0.3, -0.25) is 10.2 Å². The van der Waals surface area contributed by atoms with Crippen LogP contribution in [0.3, 0.4) is 0 Å². The Labute approximate surface area is 329 Å². The average Bonchev–Trinajstić information content (AvgIpc) is 3.88. The highest BCUT2D eigenvalue weighted by molar-refractivity contribution is 7.14. The van der Waals surface area contributed by atoms with Crippen LogP contribution >= 0.6 is 34.5 Å². The molecule has 2 aromatic heterocycles. The van der Waals surface area contributed by atoms with Gasteiger partial charge in [0.25, 0.3) is 0 Å². The zero-order chi connectivity index (χ0) is 38.8. The van der Waals surface area contributed by atoms with E-state index in [1.165, 1.54) is 36.4 Å². The van der Waals surface area contributed by atoms with Gasteiger partial charge in [0.1, 0.15) is 32.9 Å². The van der Waals surface area contributed by atoms with Crippen molar-refractivity contribution >= 4 is 46.5 Å². The maximum absolute atomic E-state index is 15.2. The van der Waals surface area contributed by atoms with Gasteiger partial charge in [0.15, 0.2) is 23.9 Å². The van der Waals surface area contributed by atoms with Crippen LogP contribution in [0.15, 0.2) is 60.9 Å². The van der Waals surface area contributed by atoms with Crippen LogP contribution in [0.2, 0.25) is 10.0 Å². The van der Waals surface area contributed by atoms with Crippen molar-refractivity contribution in [1.82, 2.24) is 10.2 Å². The molecule has 292 valence electrons. The number of aromatic carboxylic acids is 1. The van der Waals surface area contributed by atoms with Crippen LogP contribution in [0.25, 0.3) is 0 Å². The van der Waals surface area contributed by atoms with Crippen LogP contribution < -0.4 is 19.5 Å². The third-order valence-corrected chi connectivity index (χ3v) is 12.2. The zero-order valence-electron chi connectivity index (χ0n) is 29.4. The molecule has 3 aliphatic heterocycles. The van der Waals surface area contributed by atoms with Gasteiger partial charge in [-0.05, 0) is 92.4 Å². The van der Waals surface area contributed by atoms with Crippen molar-refractivity contribution in [2.45, 2.75) is 63.3 Å². The van der Waals surface area contributed by atoms with Crippen LogP contribution in [0.5, 0.6) is 11.5 Å². The largest absolute Gasteiger partial charge is 0.619 e. The number of aromatic nitrogens is 1. The summed E-state index contributed by atoms with van der Waals surface area (Å²) in [6.07, 6.45) is 5.66. The highest BCUT2D eigenvalue weighted by Crippen LogP contribution is 2.42. The number of carbonyl (C=O) groups excluding carboxylic acids is 1. The Morgan fingerprint density at radius 2 is 1.75 bits per heavy atom.